The molecule has 1 unspecified atom stereocenters. The maximum atomic E-state index is 11.8. The highest BCUT2D eigenvalue weighted by molar-refractivity contribution is 5.83. The number of rotatable bonds is 5. The summed E-state index contributed by atoms with van der Waals surface area (Å²) in [7, 11) is 1.69. The number of fused-ring (bicyclic) bond motifs is 1. The van der Waals surface area contributed by atoms with Crippen molar-refractivity contribution < 1.29 is 9.90 Å². The van der Waals surface area contributed by atoms with Gasteiger partial charge in [0.2, 0.25) is 0 Å². The highest BCUT2D eigenvalue weighted by atomic mass is 16.3. The fourth-order valence-corrected chi connectivity index (χ4v) is 2.16. The van der Waals surface area contributed by atoms with E-state index < -0.39 is 0 Å². The summed E-state index contributed by atoms with van der Waals surface area (Å²) < 4.78 is 0. The summed E-state index contributed by atoms with van der Waals surface area (Å²) in [5.41, 5.74) is 1.20. The van der Waals surface area contributed by atoms with E-state index in [-0.39, 0.29) is 18.7 Å². The molecule has 2 amide bonds. The molecule has 112 valence electrons. The van der Waals surface area contributed by atoms with Crippen LogP contribution in [0.25, 0.3) is 10.8 Å². The quantitative estimate of drug-likeness (QED) is 0.887. The van der Waals surface area contributed by atoms with Crippen molar-refractivity contribution in [2.75, 3.05) is 20.2 Å². The van der Waals surface area contributed by atoms with Gasteiger partial charge in [0.15, 0.2) is 0 Å². The number of aliphatic hydroxyl groups is 1. The average molecular weight is 286 g/mol. The Morgan fingerprint density at radius 2 is 1.95 bits per heavy atom. The molecule has 4 heteroatoms. The highest BCUT2D eigenvalue weighted by Gasteiger charge is 2.13. The van der Waals surface area contributed by atoms with Crippen LogP contribution in [0.15, 0.2) is 42.5 Å². The van der Waals surface area contributed by atoms with Crippen LogP contribution in [0, 0.1) is 0 Å². The molecule has 0 heterocycles. The van der Waals surface area contributed by atoms with Gasteiger partial charge in [0, 0.05) is 13.6 Å². The molecule has 0 bridgehead atoms. The Morgan fingerprint density at radius 3 is 2.67 bits per heavy atom. The van der Waals surface area contributed by atoms with E-state index in [2.05, 4.69) is 35.6 Å². The first-order chi connectivity index (χ1) is 10.1. The minimum absolute atomic E-state index is 0.0331. The van der Waals surface area contributed by atoms with Crippen molar-refractivity contribution in [3.63, 3.8) is 0 Å². The first kappa shape index (κ1) is 15.3. The zero-order valence-corrected chi connectivity index (χ0v) is 12.5. The van der Waals surface area contributed by atoms with Gasteiger partial charge in [-0.15, -0.1) is 0 Å². The van der Waals surface area contributed by atoms with Gasteiger partial charge in [-0.05, 0) is 29.7 Å². The lowest BCUT2D eigenvalue weighted by Gasteiger charge is -2.23. The van der Waals surface area contributed by atoms with Crippen LogP contribution < -0.4 is 5.32 Å². The summed E-state index contributed by atoms with van der Waals surface area (Å²) in [6.45, 7) is 2.36. The number of nitrogens with zero attached hydrogens (tertiary/aromatic N) is 1. The first-order valence-corrected chi connectivity index (χ1v) is 7.21. The number of urea groups is 1. The monoisotopic (exact) mass is 286 g/mol. The lowest BCUT2D eigenvalue weighted by molar-refractivity contribution is 0.157. The van der Waals surface area contributed by atoms with Crippen LogP contribution in [0.2, 0.25) is 0 Å². The summed E-state index contributed by atoms with van der Waals surface area (Å²) >= 11 is 0. The Bertz CT molecular complexity index is 613. The third-order valence-electron chi connectivity index (χ3n) is 3.75. The lowest BCUT2D eigenvalue weighted by atomic mass is 10.1. The number of amides is 2. The van der Waals surface area contributed by atoms with Gasteiger partial charge in [0.1, 0.15) is 0 Å². The Kier molecular flexibility index (Phi) is 5.17. The predicted molar refractivity (Wildman–Crippen MR) is 85.4 cm³/mol. The molecule has 2 aromatic carbocycles. The normalized spacial score (nSPS) is 12.1. The van der Waals surface area contributed by atoms with Crippen LogP contribution in [0.3, 0.4) is 0 Å². The molecule has 21 heavy (non-hydrogen) atoms. The molecule has 0 fully saturated rings. The summed E-state index contributed by atoms with van der Waals surface area (Å²) in [6, 6.07) is 14.3. The highest BCUT2D eigenvalue weighted by Crippen LogP contribution is 2.15. The van der Waals surface area contributed by atoms with E-state index in [4.69, 9.17) is 5.11 Å². The second kappa shape index (κ2) is 7.09. The van der Waals surface area contributed by atoms with E-state index in [1.165, 1.54) is 21.2 Å². The Hall–Kier alpha value is -2.07. The van der Waals surface area contributed by atoms with Crippen LogP contribution in [0.1, 0.15) is 12.5 Å². The standard InChI is InChI=1S/C17H22N2O2/c1-13(12-20)19(2)17(21)18-10-9-14-7-8-15-5-3-4-6-16(15)11-14/h3-8,11,13,20H,9-10,12H2,1-2H3,(H,18,21). The summed E-state index contributed by atoms with van der Waals surface area (Å²) in [5.74, 6) is 0. The molecular formula is C17H22N2O2. The molecule has 0 aliphatic carbocycles. The fourth-order valence-electron chi connectivity index (χ4n) is 2.16. The minimum atomic E-state index is -0.175. The molecule has 2 aromatic rings. The van der Waals surface area contributed by atoms with E-state index in [9.17, 15) is 4.79 Å². The molecule has 2 N–H and O–H groups in total. The van der Waals surface area contributed by atoms with Crippen molar-refractivity contribution in [2.24, 2.45) is 0 Å². The van der Waals surface area contributed by atoms with Gasteiger partial charge < -0.3 is 15.3 Å². The van der Waals surface area contributed by atoms with Crippen molar-refractivity contribution >= 4 is 16.8 Å². The van der Waals surface area contributed by atoms with Crippen molar-refractivity contribution in [3.05, 3.63) is 48.0 Å². The second-order valence-corrected chi connectivity index (χ2v) is 5.31. The maximum Gasteiger partial charge on any atom is 0.317 e. The van der Waals surface area contributed by atoms with Gasteiger partial charge in [-0.3, -0.25) is 0 Å². The second-order valence-electron chi connectivity index (χ2n) is 5.31. The molecular weight excluding hydrogens is 264 g/mol. The van der Waals surface area contributed by atoms with Crippen LogP contribution in [-0.2, 0) is 6.42 Å². The van der Waals surface area contributed by atoms with Gasteiger partial charge in [-0.25, -0.2) is 4.79 Å². The van der Waals surface area contributed by atoms with E-state index in [0.717, 1.165) is 6.42 Å². The van der Waals surface area contributed by atoms with E-state index in [0.29, 0.717) is 6.54 Å². The van der Waals surface area contributed by atoms with Crippen LogP contribution >= 0.6 is 0 Å². The molecule has 1 atom stereocenters. The lowest BCUT2D eigenvalue weighted by Crippen LogP contribution is -2.44. The molecule has 0 spiro atoms. The molecule has 4 nitrogen and oxygen atoms in total. The molecule has 0 saturated heterocycles. The van der Waals surface area contributed by atoms with Crippen molar-refractivity contribution in [3.8, 4) is 0 Å². The number of nitrogens with one attached hydrogen (secondary N) is 1. The molecule has 2 rings (SSSR count). The van der Waals surface area contributed by atoms with E-state index in [1.807, 2.05) is 19.1 Å². The van der Waals surface area contributed by atoms with Crippen molar-refractivity contribution in [1.82, 2.24) is 10.2 Å². The first-order valence-electron chi connectivity index (χ1n) is 7.21. The third kappa shape index (κ3) is 3.95. The van der Waals surface area contributed by atoms with Crippen LogP contribution in [-0.4, -0.2) is 42.3 Å². The fraction of sp³-hybridized carbons (Fsp3) is 0.353. The van der Waals surface area contributed by atoms with Gasteiger partial charge >= 0.3 is 6.03 Å². The SMILES string of the molecule is CC(CO)N(C)C(=O)NCCc1ccc2ccccc2c1. The molecule has 0 aromatic heterocycles. The molecule has 0 saturated carbocycles. The van der Waals surface area contributed by atoms with Gasteiger partial charge in [-0.2, -0.15) is 0 Å². The maximum absolute atomic E-state index is 11.8. The third-order valence-corrected chi connectivity index (χ3v) is 3.75. The van der Waals surface area contributed by atoms with E-state index in [1.54, 1.807) is 7.05 Å². The van der Waals surface area contributed by atoms with Crippen LogP contribution in [0.4, 0.5) is 4.79 Å². The van der Waals surface area contributed by atoms with Gasteiger partial charge in [-0.1, -0.05) is 42.5 Å². The molecule has 0 aliphatic heterocycles. The summed E-state index contributed by atoms with van der Waals surface area (Å²) in [5, 5.41) is 14.3. The minimum Gasteiger partial charge on any atom is -0.394 e. The number of carbonyl (C=O) groups is 1. The number of hydrogen-bond donors (Lipinski definition) is 2. The Labute approximate surface area is 125 Å². The molecule has 0 radical (unpaired) electrons. The zero-order valence-electron chi connectivity index (χ0n) is 12.5. The van der Waals surface area contributed by atoms with Crippen LogP contribution in [0.5, 0.6) is 0 Å². The number of aliphatic hydroxyl groups excluding tert-OH is 1. The predicted octanol–water partition coefficient (Wildman–Crippen LogP) is 2.40. The number of benzene rings is 2. The largest absolute Gasteiger partial charge is 0.394 e. The Balaban J connectivity index is 1.89. The molecule has 0 aliphatic rings. The Morgan fingerprint density at radius 1 is 1.24 bits per heavy atom. The van der Waals surface area contributed by atoms with Gasteiger partial charge in [0.05, 0.1) is 12.6 Å². The van der Waals surface area contributed by atoms with Crippen molar-refractivity contribution in [2.45, 2.75) is 19.4 Å². The summed E-state index contributed by atoms with van der Waals surface area (Å²) in [4.78, 5) is 13.4. The van der Waals surface area contributed by atoms with Crippen molar-refractivity contribution in [1.29, 1.82) is 0 Å². The number of carbonyl (C=O) groups excluding carboxylic acids is 1. The summed E-state index contributed by atoms with van der Waals surface area (Å²) in [6.07, 6.45) is 0.790. The zero-order chi connectivity index (χ0) is 15.2. The number of hydrogen-bond acceptors (Lipinski definition) is 2. The number of likely N-dealkylation sites (N-methyl/N-ethyl adjacent to an activating group) is 1. The van der Waals surface area contributed by atoms with Gasteiger partial charge in [0.25, 0.3) is 0 Å². The van der Waals surface area contributed by atoms with E-state index >= 15 is 0 Å². The average Bonchev–Trinajstić information content (AvgIpc) is 2.53. The smallest absolute Gasteiger partial charge is 0.317 e. The topological polar surface area (TPSA) is 52.6 Å².